The monoisotopic (exact) mass is 319 g/mol. The fourth-order valence-electron chi connectivity index (χ4n) is 3.44. The summed E-state index contributed by atoms with van der Waals surface area (Å²) >= 11 is 0. The molecule has 0 radical (unpaired) electrons. The lowest BCUT2D eigenvalue weighted by atomic mass is 9.84. The van der Waals surface area contributed by atoms with E-state index < -0.39 is 0 Å². The molecule has 1 amide bonds. The van der Waals surface area contributed by atoms with Gasteiger partial charge in [0.05, 0.1) is 25.8 Å². The maximum atomic E-state index is 12.6. The minimum absolute atomic E-state index is 0.0410. The van der Waals surface area contributed by atoms with E-state index >= 15 is 0 Å². The molecule has 0 unspecified atom stereocenters. The fourth-order valence-corrected chi connectivity index (χ4v) is 3.44. The van der Waals surface area contributed by atoms with Gasteiger partial charge in [-0.3, -0.25) is 4.79 Å². The van der Waals surface area contributed by atoms with Crippen LogP contribution in [0.3, 0.4) is 0 Å². The van der Waals surface area contributed by atoms with Crippen molar-refractivity contribution in [2.24, 2.45) is 0 Å². The van der Waals surface area contributed by atoms with Gasteiger partial charge in [0.15, 0.2) is 0 Å². The Balaban J connectivity index is 1.60. The van der Waals surface area contributed by atoms with Gasteiger partial charge >= 0.3 is 0 Å². The minimum atomic E-state index is -0.203. The third-order valence-electron chi connectivity index (χ3n) is 4.49. The Morgan fingerprint density at radius 3 is 2.91 bits per heavy atom. The molecular weight excluding hydrogens is 294 g/mol. The van der Waals surface area contributed by atoms with Crippen LogP contribution in [0, 0.1) is 0 Å². The van der Waals surface area contributed by atoms with Crippen LogP contribution in [-0.2, 0) is 9.47 Å². The molecule has 0 N–H and O–H groups in total. The molecule has 5 heteroatoms. The first-order chi connectivity index (χ1) is 11.2. The molecule has 0 aromatic heterocycles. The highest BCUT2D eigenvalue weighted by atomic mass is 16.5. The molecule has 2 saturated heterocycles. The highest BCUT2D eigenvalue weighted by molar-refractivity contribution is 5.95. The van der Waals surface area contributed by atoms with Crippen molar-refractivity contribution in [1.82, 2.24) is 4.90 Å². The zero-order valence-corrected chi connectivity index (χ0v) is 13.9. The van der Waals surface area contributed by atoms with Crippen LogP contribution in [0.15, 0.2) is 24.3 Å². The van der Waals surface area contributed by atoms with Crippen LogP contribution < -0.4 is 4.74 Å². The van der Waals surface area contributed by atoms with E-state index in [0.29, 0.717) is 31.9 Å². The Morgan fingerprint density at radius 2 is 2.17 bits per heavy atom. The van der Waals surface area contributed by atoms with E-state index in [1.54, 1.807) is 0 Å². The first-order valence-corrected chi connectivity index (χ1v) is 8.43. The molecule has 1 aromatic carbocycles. The topological polar surface area (TPSA) is 48.0 Å². The number of benzene rings is 1. The molecule has 5 nitrogen and oxygen atoms in total. The second-order valence-corrected chi connectivity index (χ2v) is 6.22. The summed E-state index contributed by atoms with van der Waals surface area (Å²) in [5.41, 5.74) is 0.466. The summed E-state index contributed by atoms with van der Waals surface area (Å²) in [6.45, 7) is 7.28. The second-order valence-electron chi connectivity index (χ2n) is 6.22. The molecule has 3 rings (SSSR count). The normalized spacial score (nSPS) is 22.7. The summed E-state index contributed by atoms with van der Waals surface area (Å²) < 4.78 is 17.2. The number of hydrogen-bond donors (Lipinski definition) is 0. The van der Waals surface area contributed by atoms with E-state index in [4.69, 9.17) is 14.2 Å². The van der Waals surface area contributed by atoms with Gasteiger partial charge < -0.3 is 19.1 Å². The average molecular weight is 319 g/mol. The predicted molar refractivity (Wildman–Crippen MR) is 86.8 cm³/mol. The van der Waals surface area contributed by atoms with E-state index in [0.717, 1.165) is 25.2 Å². The maximum Gasteiger partial charge on any atom is 0.254 e. The number of carbonyl (C=O) groups is 1. The number of rotatable bonds is 5. The van der Waals surface area contributed by atoms with Crippen molar-refractivity contribution in [1.29, 1.82) is 0 Å². The summed E-state index contributed by atoms with van der Waals surface area (Å²) in [7, 11) is 0. The number of likely N-dealkylation sites (tertiary alicyclic amines) is 1. The first-order valence-electron chi connectivity index (χ1n) is 8.43. The Morgan fingerprint density at radius 1 is 1.35 bits per heavy atom. The smallest absolute Gasteiger partial charge is 0.254 e. The molecule has 2 heterocycles. The summed E-state index contributed by atoms with van der Waals surface area (Å²) in [4.78, 5) is 14.4. The standard InChI is InChI=1S/C18H25NO4/c1-3-21-15-7-5-6-14(10-15)17(20)19-12-18(13-19)11-16(22-4-2)8-9-23-18/h5-7,10,16H,3-4,8-9,11-13H2,1-2H3/t16-/m1/s1. The molecular formula is C18H25NO4. The van der Waals surface area contributed by atoms with E-state index in [9.17, 15) is 4.79 Å². The molecule has 1 aromatic rings. The van der Waals surface area contributed by atoms with Gasteiger partial charge in [-0.2, -0.15) is 0 Å². The van der Waals surface area contributed by atoms with E-state index in [1.165, 1.54) is 0 Å². The molecule has 23 heavy (non-hydrogen) atoms. The largest absolute Gasteiger partial charge is 0.494 e. The van der Waals surface area contributed by atoms with Gasteiger partial charge in [-0.05, 0) is 38.5 Å². The van der Waals surface area contributed by atoms with Crippen LogP contribution in [-0.4, -0.2) is 55.4 Å². The lowest BCUT2D eigenvalue weighted by Gasteiger charge is -2.53. The SMILES string of the molecule is CCOc1cccc(C(=O)N2CC3(C[C@H](OCC)CCO3)C2)c1. The number of nitrogens with zero attached hydrogens (tertiary/aromatic N) is 1. The summed E-state index contributed by atoms with van der Waals surface area (Å²) in [6.07, 6.45) is 2.08. The highest BCUT2D eigenvalue weighted by Crippen LogP contribution is 2.36. The minimum Gasteiger partial charge on any atom is -0.494 e. The Kier molecular flexibility index (Phi) is 4.87. The Labute approximate surface area is 137 Å². The van der Waals surface area contributed by atoms with Crippen LogP contribution >= 0.6 is 0 Å². The van der Waals surface area contributed by atoms with Crippen molar-refractivity contribution in [3.05, 3.63) is 29.8 Å². The van der Waals surface area contributed by atoms with Gasteiger partial charge in [-0.1, -0.05) is 6.07 Å². The molecule has 2 aliphatic rings. The van der Waals surface area contributed by atoms with Gasteiger partial charge in [-0.15, -0.1) is 0 Å². The average Bonchev–Trinajstić information content (AvgIpc) is 2.53. The van der Waals surface area contributed by atoms with Crippen molar-refractivity contribution in [3.63, 3.8) is 0 Å². The number of amides is 1. The molecule has 0 saturated carbocycles. The second kappa shape index (κ2) is 6.89. The van der Waals surface area contributed by atoms with Gasteiger partial charge in [0.25, 0.3) is 5.91 Å². The highest BCUT2D eigenvalue weighted by Gasteiger charge is 2.49. The van der Waals surface area contributed by atoms with Crippen LogP contribution in [0.2, 0.25) is 0 Å². The van der Waals surface area contributed by atoms with Crippen molar-refractivity contribution in [2.45, 2.75) is 38.4 Å². The zero-order chi connectivity index (χ0) is 16.3. The summed E-state index contributed by atoms with van der Waals surface area (Å²) in [5, 5.41) is 0. The molecule has 2 aliphatic heterocycles. The Bertz CT molecular complexity index is 552. The lowest BCUT2D eigenvalue weighted by molar-refractivity contribution is -0.185. The van der Waals surface area contributed by atoms with E-state index in [1.807, 2.05) is 43.0 Å². The number of hydrogen-bond acceptors (Lipinski definition) is 4. The number of carbonyl (C=O) groups excluding carboxylic acids is 1. The summed E-state index contributed by atoms with van der Waals surface area (Å²) in [6, 6.07) is 7.37. The van der Waals surface area contributed by atoms with E-state index in [-0.39, 0.29) is 17.6 Å². The van der Waals surface area contributed by atoms with Crippen LogP contribution in [0.1, 0.15) is 37.0 Å². The quantitative estimate of drug-likeness (QED) is 0.836. The van der Waals surface area contributed by atoms with Gasteiger partial charge in [0, 0.05) is 25.2 Å². The lowest BCUT2D eigenvalue weighted by Crippen LogP contribution is -2.67. The van der Waals surface area contributed by atoms with Crippen molar-refractivity contribution in [3.8, 4) is 5.75 Å². The molecule has 0 bridgehead atoms. The van der Waals surface area contributed by atoms with Gasteiger partial charge in [0.1, 0.15) is 11.4 Å². The zero-order valence-electron chi connectivity index (χ0n) is 13.9. The maximum absolute atomic E-state index is 12.6. The summed E-state index contributed by atoms with van der Waals surface area (Å²) in [5.74, 6) is 0.776. The predicted octanol–water partition coefficient (Wildman–Crippen LogP) is 2.50. The van der Waals surface area contributed by atoms with Crippen molar-refractivity contribution in [2.75, 3.05) is 32.9 Å². The molecule has 0 aliphatic carbocycles. The third kappa shape index (κ3) is 3.51. The third-order valence-corrected chi connectivity index (χ3v) is 4.49. The van der Waals surface area contributed by atoms with E-state index in [2.05, 4.69) is 0 Å². The van der Waals surface area contributed by atoms with Crippen LogP contribution in [0.25, 0.3) is 0 Å². The first kappa shape index (κ1) is 16.3. The van der Waals surface area contributed by atoms with Crippen LogP contribution in [0.5, 0.6) is 5.75 Å². The molecule has 126 valence electrons. The van der Waals surface area contributed by atoms with Gasteiger partial charge in [-0.25, -0.2) is 0 Å². The van der Waals surface area contributed by atoms with Crippen molar-refractivity contribution >= 4 is 5.91 Å². The molecule has 2 fully saturated rings. The van der Waals surface area contributed by atoms with Crippen molar-refractivity contribution < 1.29 is 19.0 Å². The van der Waals surface area contributed by atoms with Gasteiger partial charge in [0.2, 0.25) is 0 Å². The fraction of sp³-hybridized carbons (Fsp3) is 0.611. The Hall–Kier alpha value is -1.59. The van der Waals surface area contributed by atoms with Crippen LogP contribution in [0.4, 0.5) is 0 Å². The molecule has 1 spiro atoms. The number of ether oxygens (including phenoxy) is 3. The molecule has 1 atom stereocenters.